The summed E-state index contributed by atoms with van der Waals surface area (Å²) < 4.78 is 11.0. The molecule has 5 nitrogen and oxygen atoms in total. The Bertz CT molecular complexity index is 666. The van der Waals surface area contributed by atoms with Gasteiger partial charge in [-0.05, 0) is 38.0 Å². The number of nitrogens with two attached hydrogens (primary N) is 1. The summed E-state index contributed by atoms with van der Waals surface area (Å²) in [4.78, 5) is 16.0. The number of ether oxygens (including phenoxy) is 2. The number of hydrogen-bond donors (Lipinski definition) is 1. The van der Waals surface area contributed by atoms with Crippen LogP contribution in [-0.2, 0) is 16.1 Å². The SMILES string of the molecule is CC(C)(C)OC(=O)CC(N)c1cncc(OCc2ccccc2)c1. The second kappa shape index (κ2) is 7.93. The number of esters is 1. The van der Waals surface area contributed by atoms with Gasteiger partial charge in [-0.3, -0.25) is 9.78 Å². The molecule has 5 heteroatoms. The molecule has 0 radical (unpaired) electrons. The number of pyridine rings is 1. The molecule has 0 spiro atoms. The molecule has 2 N–H and O–H groups in total. The van der Waals surface area contributed by atoms with Gasteiger partial charge in [0.2, 0.25) is 0 Å². The largest absolute Gasteiger partial charge is 0.487 e. The van der Waals surface area contributed by atoms with E-state index in [1.54, 1.807) is 12.4 Å². The Morgan fingerprint density at radius 3 is 2.58 bits per heavy atom. The Morgan fingerprint density at radius 2 is 1.92 bits per heavy atom. The second-order valence-electron chi connectivity index (χ2n) is 6.63. The van der Waals surface area contributed by atoms with E-state index in [2.05, 4.69) is 4.98 Å². The predicted molar refractivity (Wildman–Crippen MR) is 92.4 cm³/mol. The average Bonchev–Trinajstić information content (AvgIpc) is 2.52. The smallest absolute Gasteiger partial charge is 0.308 e. The molecule has 0 saturated heterocycles. The van der Waals surface area contributed by atoms with Crippen LogP contribution < -0.4 is 10.5 Å². The van der Waals surface area contributed by atoms with E-state index in [0.29, 0.717) is 12.4 Å². The minimum Gasteiger partial charge on any atom is -0.487 e. The van der Waals surface area contributed by atoms with Crippen LogP contribution in [0.25, 0.3) is 0 Å². The Kier molecular flexibility index (Phi) is 5.93. The number of benzene rings is 1. The van der Waals surface area contributed by atoms with Crippen LogP contribution in [0.15, 0.2) is 48.8 Å². The molecule has 2 rings (SSSR count). The zero-order chi connectivity index (χ0) is 17.6. The molecule has 0 saturated carbocycles. The number of carbonyl (C=O) groups is 1. The summed E-state index contributed by atoms with van der Waals surface area (Å²) in [7, 11) is 0. The van der Waals surface area contributed by atoms with Gasteiger partial charge in [0.05, 0.1) is 12.6 Å². The van der Waals surface area contributed by atoms with Crippen molar-refractivity contribution in [3.05, 3.63) is 59.9 Å². The van der Waals surface area contributed by atoms with Crippen molar-refractivity contribution in [3.63, 3.8) is 0 Å². The molecule has 128 valence electrons. The zero-order valence-corrected chi connectivity index (χ0v) is 14.4. The molecular weight excluding hydrogens is 304 g/mol. The van der Waals surface area contributed by atoms with Gasteiger partial charge in [0.15, 0.2) is 0 Å². The summed E-state index contributed by atoms with van der Waals surface area (Å²) in [6.45, 7) is 5.94. The van der Waals surface area contributed by atoms with E-state index < -0.39 is 11.6 Å². The molecule has 24 heavy (non-hydrogen) atoms. The van der Waals surface area contributed by atoms with Crippen molar-refractivity contribution < 1.29 is 14.3 Å². The molecule has 1 aromatic heterocycles. The van der Waals surface area contributed by atoms with E-state index in [1.807, 2.05) is 57.2 Å². The van der Waals surface area contributed by atoms with Crippen molar-refractivity contribution in [1.29, 1.82) is 0 Å². The lowest BCUT2D eigenvalue weighted by molar-refractivity contribution is -0.155. The van der Waals surface area contributed by atoms with Crippen molar-refractivity contribution in [2.75, 3.05) is 0 Å². The van der Waals surface area contributed by atoms with Gasteiger partial charge in [-0.15, -0.1) is 0 Å². The van der Waals surface area contributed by atoms with Gasteiger partial charge in [-0.25, -0.2) is 0 Å². The molecule has 0 bridgehead atoms. The van der Waals surface area contributed by atoms with E-state index in [1.165, 1.54) is 0 Å². The predicted octanol–water partition coefficient (Wildman–Crippen LogP) is 3.39. The van der Waals surface area contributed by atoms with Crippen LogP contribution in [0.4, 0.5) is 0 Å². The number of nitrogens with zero attached hydrogens (tertiary/aromatic N) is 1. The Labute approximate surface area is 142 Å². The molecule has 0 aliphatic rings. The fourth-order valence-electron chi connectivity index (χ4n) is 2.14. The third kappa shape index (κ3) is 6.01. The fraction of sp³-hybridized carbons (Fsp3) is 0.368. The van der Waals surface area contributed by atoms with Gasteiger partial charge < -0.3 is 15.2 Å². The first kappa shape index (κ1) is 17.9. The average molecular weight is 328 g/mol. The van der Waals surface area contributed by atoms with Crippen LogP contribution >= 0.6 is 0 Å². The fourth-order valence-corrected chi connectivity index (χ4v) is 2.14. The molecule has 0 aliphatic heterocycles. The summed E-state index contributed by atoms with van der Waals surface area (Å²) in [5, 5.41) is 0. The molecule has 1 unspecified atom stereocenters. The third-order valence-corrected chi connectivity index (χ3v) is 3.22. The third-order valence-electron chi connectivity index (χ3n) is 3.22. The van der Waals surface area contributed by atoms with Crippen molar-refractivity contribution in [2.45, 2.75) is 45.4 Å². The number of aromatic nitrogens is 1. The first-order chi connectivity index (χ1) is 11.3. The summed E-state index contributed by atoms with van der Waals surface area (Å²) in [6, 6.07) is 11.2. The minimum atomic E-state index is -0.518. The van der Waals surface area contributed by atoms with Crippen molar-refractivity contribution in [3.8, 4) is 5.75 Å². The van der Waals surface area contributed by atoms with E-state index >= 15 is 0 Å². The monoisotopic (exact) mass is 328 g/mol. The Balaban J connectivity index is 1.95. The number of carbonyl (C=O) groups excluding carboxylic acids is 1. The highest BCUT2D eigenvalue weighted by Gasteiger charge is 2.19. The molecule has 1 aromatic carbocycles. The zero-order valence-electron chi connectivity index (χ0n) is 14.4. The standard InChI is InChI=1S/C19H24N2O3/c1-19(2,3)24-18(22)10-17(20)15-9-16(12-21-11-15)23-13-14-7-5-4-6-8-14/h4-9,11-12,17H,10,13,20H2,1-3H3. The van der Waals surface area contributed by atoms with Gasteiger partial charge in [-0.2, -0.15) is 0 Å². The Hall–Kier alpha value is -2.40. The lowest BCUT2D eigenvalue weighted by Gasteiger charge is -2.21. The molecule has 0 fully saturated rings. The van der Waals surface area contributed by atoms with Crippen LogP contribution in [0.5, 0.6) is 5.75 Å². The normalized spacial score (nSPS) is 12.5. The maximum absolute atomic E-state index is 11.9. The molecule has 2 aromatic rings. The van der Waals surface area contributed by atoms with Crippen molar-refractivity contribution in [1.82, 2.24) is 4.98 Å². The first-order valence-electron chi connectivity index (χ1n) is 7.92. The van der Waals surface area contributed by atoms with Crippen LogP contribution in [0, 0.1) is 0 Å². The quantitative estimate of drug-likeness (QED) is 0.823. The highest BCUT2D eigenvalue weighted by atomic mass is 16.6. The van der Waals surface area contributed by atoms with Crippen molar-refractivity contribution in [2.24, 2.45) is 5.73 Å². The van der Waals surface area contributed by atoms with E-state index in [4.69, 9.17) is 15.2 Å². The van der Waals surface area contributed by atoms with E-state index in [0.717, 1.165) is 11.1 Å². The van der Waals surface area contributed by atoms with E-state index in [9.17, 15) is 4.79 Å². The number of hydrogen-bond acceptors (Lipinski definition) is 5. The summed E-state index contributed by atoms with van der Waals surface area (Å²) in [5.74, 6) is 0.293. The second-order valence-corrected chi connectivity index (χ2v) is 6.63. The maximum atomic E-state index is 11.9. The summed E-state index contributed by atoms with van der Waals surface area (Å²) in [6.07, 6.45) is 3.37. The Morgan fingerprint density at radius 1 is 1.21 bits per heavy atom. The van der Waals surface area contributed by atoms with Gasteiger partial charge in [0.25, 0.3) is 0 Å². The van der Waals surface area contributed by atoms with Gasteiger partial charge in [0.1, 0.15) is 18.0 Å². The highest BCUT2D eigenvalue weighted by molar-refractivity contribution is 5.70. The van der Waals surface area contributed by atoms with Crippen LogP contribution in [0.3, 0.4) is 0 Å². The van der Waals surface area contributed by atoms with Crippen LogP contribution in [0.1, 0.15) is 44.4 Å². The minimum absolute atomic E-state index is 0.0983. The lowest BCUT2D eigenvalue weighted by Crippen LogP contribution is -2.26. The molecule has 1 heterocycles. The maximum Gasteiger partial charge on any atom is 0.308 e. The molecule has 1 atom stereocenters. The lowest BCUT2D eigenvalue weighted by atomic mass is 10.1. The summed E-state index contributed by atoms with van der Waals surface area (Å²) in [5.41, 5.74) is 7.39. The van der Waals surface area contributed by atoms with Crippen LogP contribution in [-0.4, -0.2) is 16.6 Å². The van der Waals surface area contributed by atoms with Crippen molar-refractivity contribution >= 4 is 5.97 Å². The molecular formula is C19H24N2O3. The van der Waals surface area contributed by atoms with E-state index in [-0.39, 0.29) is 12.4 Å². The highest BCUT2D eigenvalue weighted by Crippen LogP contribution is 2.21. The number of rotatable bonds is 6. The van der Waals surface area contributed by atoms with Gasteiger partial charge in [0, 0.05) is 12.2 Å². The van der Waals surface area contributed by atoms with Gasteiger partial charge >= 0.3 is 5.97 Å². The van der Waals surface area contributed by atoms with Gasteiger partial charge in [-0.1, -0.05) is 30.3 Å². The summed E-state index contributed by atoms with van der Waals surface area (Å²) >= 11 is 0. The topological polar surface area (TPSA) is 74.4 Å². The van der Waals surface area contributed by atoms with Crippen LogP contribution in [0.2, 0.25) is 0 Å². The first-order valence-corrected chi connectivity index (χ1v) is 7.92. The molecule has 0 aliphatic carbocycles. The molecule has 0 amide bonds.